The van der Waals surface area contributed by atoms with E-state index in [9.17, 15) is 39.0 Å². The lowest BCUT2D eigenvalue weighted by atomic mass is 10.0. The van der Waals surface area contributed by atoms with E-state index in [0.717, 1.165) is 37.7 Å². The number of methoxy groups -OCH3 is 1. The highest BCUT2D eigenvalue weighted by Gasteiger charge is 2.13. The van der Waals surface area contributed by atoms with Gasteiger partial charge < -0.3 is 46.2 Å². The number of aromatic hydroxyl groups is 2. The van der Waals surface area contributed by atoms with E-state index in [2.05, 4.69) is 16.0 Å². The van der Waals surface area contributed by atoms with Crippen molar-refractivity contribution in [2.75, 3.05) is 24.3 Å². The molecule has 0 unspecified atom stereocenters. The van der Waals surface area contributed by atoms with Gasteiger partial charge in [-0.1, -0.05) is 80.9 Å². The van der Waals surface area contributed by atoms with Crippen molar-refractivity contribution in [3.8, 4) is 17.2 Å². The van der Waals surface area contributed by atoms with Crippen LogP contribution in [0, 0.1) is 0 Å². The monoisotopic (exact) mass is 895 g/mol. The van der Waals surface area contributed by atoms with E-state index >= 15 is 0 Å². The molecule has 0 atom stereocenters. The second-order valence-electron chi connectivity index (χ2n) is 14.3. The number of unbranched alkanes of at least 4 members (excludes halogenated alkanes) is 3. The minimum atomic E-state index is -0.892. The first-order valence-corrected chi connectivity index (χ1v) is 20.7. The van der Waals surface area contributed by atoms with Crippen LogP contribution in [0.15, 0.2) is 121 Å². The van der Waals surface area contributed by atoms with Gasteiger partial charge in [0, 0.05) is 38.6 Å². The molecule has 15 nitrogen and oxygen atoms in total. The molecule has 8 N–H and O–H groups in total. The minimum Gasteiger partial charge on any atom is -0.507 e. The number of phenolic OH excluding ortho intramolecular Hbond substituents is 2. The van der Waals surface area contributed by atoms with Gasteiger partial charge in [-0.2, -0.15) is 0 Å². The van der Waals surface area contributed by atoms with Crippen molar-refractivity contribution in [1.29, 1.82) is 0 Å². The molecule has 3 amide bonds. The smallest absolute Gasteiger partial charge is 0.303 e. The summed E-state index contributed by atoms with van der Waals surface area (Å²) in [7, 11) is 1.53. The third-order valence-electron chi connectivity index (χ3n) is 9.39. The zero-order valence-electron chi connectivity index (χ0n) is 35.6. The molecule has 0 fully saturated rings. The van der Waals surface area contributed by atoms with Gasteiger partial charge in [0.1, 0.15) is 17.2 Å². The van der Waals surface area contributed by atoms with Crippen LogP contribution in [0.4, 0.5) is 11.4 Å². The van der Waals surface area contributed by atoms with Crippen molar-refractivity contribution in [2.45, 2.75) is 78.1 Å². The van der Waals surface area contributed by atoms with Crippen molar-refractivity contribution >= 4 is 47.0 Å². The lowest BCUT2D eigenvalue weighted by Crippen LogP contribution is -2.24. The summed E-state index contributed by atoms with van der Waals surface area (Å²) in [6.07, 6.45) is 6.71. The predicted molar refractivity (Wildman–Crippen MR) is 251 cm³/mol. The molecule has 0 spiro atoms. The van der Waals surface area contributed by atoms with Crippen molar-refractivity contribution < 1.29 is 60.5 Å². The number of rotatable bonds is 21. The molecule has 5 rings (SSSR count). The van der Waals surface area contributed by atoms with Gasteiger partial charge in [0.2, 0.25) is 0 Å². The predicted octanol–water partition coefficient (Wildman–Crippen LogP) is 9.45. The Morgan fingerprint density at radius 2 is 0.877 bits per heavy atom. The average molecular weight is 896 g/mol. The number of carbonyl (C=O) groups excluding carboxylic acids is 3. The Morgan fingerprint density at radius 3 is 1.37 bits per heavy atom. The van der Waals surface area contributed by atoms with Crippen LogP contribution in [-0.4, -0.2) is 74.8 Å². The van der Waals surface area contributed by atoms with Gasteiger partial charge in [0.25, 0.3) is 17.7 Å². The lowest BCUT2D eigenvalue weighted by molar-refractivity contribution is -0.138. The van der Waals surface area contributed by atoms with E-state index in [4.69, 9.17) is 20.1 Å². The van der Waals surface area contributed by atoms with E-state index in [-0.39, 0.29) is 69.1 Å². The standard InChI is InChI=1S/C20H23NO4.C18H19NO4.C11H13NO4.CH4.H2/c22-18-9-6-5-8-17(18)20(25)21-16-13-11-15(12-14-16)7-3-1-2-4-10-19(23)24;1-23-16-7-3-2-6-15(16)18(22)19-14-11-9-13(10-12-14)5-4-8-17(20)21;13-9-5-2-1-4-8(9)11(16)12-7-3-6-10(14)15;;/h5-6,8-9,11-14,22H,1-4,7,10H2,(H,21,25)(H,23,24);2-3,6-7,9-12H,4-5,8H2,1H3,(H,19,22)(H,20,21);1-2,4-5,13H,3,6-7H2,(H,12,16)(H,14,15);1H4;1H. The number of hydrogen-bond donors (Lipinski definition) is 8. The number of para-hydroxylation sites is 3. The average Bonchev–Trinajstić information content (AvgIpc) is 3.28. The molecule has 0 aromatic heterocycles. The Balaban J connectivity index is 0.000000499. The fourth-order valence-corrected chi connectivity index (χ4v) is 6.01. The zero-order chi connectivity index (χ0) is 46.7. The topological polar surface area (TPSA) is 249 Å². The highest BCUT2D eigenvalue weighted by Crippen LogP contribution is 2.21. The Labute approximate surface area is 380 Å². The van der Waals surface area contributed by atoms with Crippen molar-refractivity contribution in [3.05, 3.63) is 149 Å². The summed E-state index contributed by atoms with van der Waals surface area (Å²) in [5.74, 6) is -2.99. The summed E-state index contributed by atoms with van der Waals surface area (Å²) in [4.78, 5) is 67.0. The Hall–Kier alpha value is -7.68. The van der Waals surface area contributed by atoms with Crippen LogP contribution in [0.25, 0.3) is 0 Å². The molecule has 0 heterocycles. The molecule has 0 saturated carbocycles. The molecular formula is C50H61N3O12. The lowest BCUT2D eigenvalue weighted by Gasteiger charge is -2.09. The van der Waals surface area contributed by atoms with Gasteiger partial charge in [-0.15, -0.1) is 0 Å². The number of carboxylic acid groups (broad SMARTS) is 3. The first-order chi connectivity index (χ1) is 30.8. The number of nitrogens with one attached hydrogen (secondary N) is 3. The normalized spacial score (nSPS) is 9.98. The molecule has 0 aliphatic rings. The maximum Gasteiger partial charge on any atom is 0.303 e. The third kappa shape index (κ3) is 20.8. The van der Waals surface area contributed by atoms with Crippen LogP contribution < -0.4 is 20.7 Å². The van der Waals surface area contributed by atoms with E-state index in [0.29, 0.717) is 42.0 Å². The number of aryl methyl sites for hydroxylation is 2. The van der Waals surface area contributed by atoms with Crippen molar-refractivity contribution in [1.82, 2.24) is 5.32 Å². The number of benzene rings is 5. The van der Waals surface area contributed by atoms with Crippen LogP contribution in [0.2, 0.25) is 0 Å². The fourth-order valence-electron chi connectivity index (χ4n) is 6.01. The fraction of sp³-hybridized carbons (Fsp3) is 0.280. The van der Waals surface area contributed by atoms with Crippen LogP contribution in [0.5, 0.6) is 17.2 Å². The summed E-state index contributed by atoms with van der Waals surface area (Å²) in [5.41, 5.74) is 4.49. The summed E-state index contributed by atoms with van der Waals surface area (Å²) in [6, 6.07) is 34.7. The molecule has 0 saturated heterocycles. The number of amides is 3. The highest BCUT2D eigenvalue weighted by atomic mass is 16.5. The van der Waals surface area contributed by atoms with Gasteiger partial charge in [0.15, 0.2) is 0 Å². The molecule has 0 radical (unpaired) electrons. The highest BCUT2D eigenvalue weighted by molar-refractivity contribution is 6.06. The SMILES string of the molecule is C.COc1ccccc1C(=O)Nc1ccc(CCCC(=O)O)cc1.O=C(O)CCCCCCc1ccc(NC(=O)c2ccccc2O)cc1.O=C(O)CCCNC(=O)c1ccccc1O.[HH]. The molecule has 0 aliphatic heterocycles. The molecule has 0 aliphatic carbocycles. The van der Waals surface area contributed by atoms with Crippen LogP contribution in [0.3, 0.4) is 0 Å². The van der Waals surface area contributed by atoms with E-state index in [1.165, 1.54) is 30.9 Å². The number of anilines is 2. The number of hydrogen-bond acceptors (Lipinski definition) is 9. The Kier molecular flexibility index (Phi) is 24.3. The van der Waals surface area contributed by atoms with Gasteiger partial charge in [0.05, 0.1) is 23.8 Å². The van der Waals surface area contributed by atoms with Gasteiger partial charge in [-0.05, 0) is 110 Å². The molecule has 0 bridgehead atoms. The largest absolute Gasteiger partial charge is 0.507 e. The number of phenols is 2. The maximum atomic E-state index is 12.3. The molecule has 5 aromatic rings. The van der Waals surface area contributed by atoms with Crippen LogP contribution >= 0.6 is 0 Å². The van der Waals surface area contributed by atoms with Gasteiger partial charge in [-0.25, -0.2) is 0 Å². The summed E-state index contributed by atoms with van der Waals surface area (Å²) in [5, 5.41) is 52.8. The summed E-state index contributed by atoms with van der Waals surface area (Å²) < 4.78 is 5.18. The number of carboxylic acids is 3. The molecule has 5 aromatic carbocycles. The molecule has 65 heavy (non-hydrogen) atoms. The number of carbonyl (C=O) groups is 6. The first-order valence-electron chi connectivity index (χ1n) is 20.7. The minimum absolute atomic E-state index is 0. The summed E-state index contributed by atoms with van der Waals surface area (Å²) in [6.45, 7) is 0.277. The molecule has 15 heteroatoms. The van der Waals surface area contributed by atoms with Gasteiger partial charge >= 0.3 is 17.9 Å². The van der Waals surface area contributed by atoms with E-state index < -0.39 is 23.8 Å². The second-order valence-corrected chi connectivity index (χ2v) is 14.3. The Morgan fingerprint density at radius 1 is 0.477 bits per heavy atom. The van der Waals surface area contributed by atoms with Crippen molar-refractivity contribution in [3.63, 3.8) is 0 Å². The first kappa shape index (κ1) is 53.5. The van der Waals surface area contributed by atoms with E-state index in [1.54, 1.807) is 48.5 Å². The molecular weight excluding hydrogens is 835 g/mol. The molecule has 348 valence electrons. The van der Waals surface area contributed by atoms with E-state index in [1.807, 2.05) is 54.6 Å². The number of ether oxygens (including phenoxy) is 1. The zero-order valence-corrected chi connectivity index (χ0v) is 35.6. The Bertz CT molecular complexity index is 2290. The van der Waals surface area contributed by atoms with Gasteiger partial charge in [-0.3, -0.25) is 28.8 Å². The second kappa shape index (κ2) is 29.6. The van der Waals surface area contributed by atoms with Crippen LogP contribution in [0.1, 0.15) is 109 Å². The summed E-state index contributed by atoms with van der Waals surface area (Å²) >= 11 is 0. The third-order valence-corrected chi connectivity index (χ3v) is 9.39. The van der Waals surface area contributed by atoms with Crippen LogP contribution in [-0.2, 0) is 27.2 Å². The number of aliphatic carboxylic acids is 3. The maximum absolute atomic E-state index is 12.3. The van der Waals surface area contributed by atoms with Crippen molar-refractivity contribution in [2.24, 2.45) is 0 Å². The quantitative estimate of drug-likeness (QED) is 0.0321.